The normalized spacial score (nSPS) is 11.7. The first kappa shape index (κ1) is 14.8. The topological polar surface area (TPSA) is 64.3 Å². The van der Waals surface area contributed by atoms with E-state index >= 15 is 0 Å². The number of rotatable bonds is 6. The quantitative estimate of drug-likeness (QED) is 0.859. The van der Waals surface area contributed by atoms with Crippen LogP contribution in [0.2, 0.25) is 0 Å². The van der Waals surface area contributed by atoms with Gasteiger partial charge >= 0.3 is 0 Å². The molecule has 2 aromatic rings. The highest BCUT2D eigenvalue weighted by Gasteiger charge is 2.05. The molecule has 110 valence electrons. The molecular formula is C16H17FN2O2. The van der Waals surface area contributed by atoms with Crippen molar-refractivity contribution in [1.82, 2.24) is 0 Å². The number of nitrogens with two attached hydrogens (primary N) is 1. The molecule has 4 nitrogen and oxygen atoms in total. The van der Waals surface area contributed by atoms with Gasteiger partial charge < -0.3 is 15.8 Å². The lowest BCUT2D eigenvalue weighted by molar-refractivity contribution is -0.119. The van der Waals surface area contributed by atoms with Gasteiger partial charge in [0.1, 0.15) is 11.6 Å². The van der Waals surface area contributed by atoms with Crippen molar-refractivity contribution >= 4 is 11.6 Å². The van der Waals surface area contributed by atoms with Crippen molar-refractivity contribution < 1.29 is 13.9 Å². The molecule has 1 unspecified atom stereocenters. The van der Waals surface area contributed by atoms with E-state index in [9.17, 15) is 9.18 Å². The van der Waals surface area contributed by atoms with Crippen LogP contribution in [0.15, 0.2) is 48.5 Å². The van der Waals surface area contributed by atoms with Gasteiger partial charge in [0.2, 0.25) is 0 Å². The number of anilines is 1. The average Bonchev–Trinajstić information content (AvgIpc) is 2.47. The molecular weight excluding hydrogens is 271 g/mol. The Morgan fingerprint density at radius 3 is 2.38 bits per heavy atom. The highest BCUT2D eigenvalue weighted by Crippen LogP contribution is 2.21. The van der Waals surface area contributed by atoms with Crippen molar-refractivity contribution in [2.24, 2.45) is 5.73 Å². The second-order valence-electron chi connectivity index (χ2n) is 4.70. The Labute approximate surface area is 122 Å². The zero-order valence-electron chi connectivity index (χ0n) is 11.7. The lowest BCUT2D eigenvalue weighted by Crippen LogP contribution is -2.19. The Morgan fingerprint density at radius 2 is 1.81 bits per heavy atom. The largest absolute Gasteiger partial charge is 0.484 e. The molecule has 1 atom stereocenters. The first-order valence-electron chi connectivity index (χ1n) is 6.58. The summed E-state index contributed by atoms with van der Waals surface area (Å²) in [4.78, 5) is 10.6. The molecule has 0 spiro atoms. The van der Waals surface area contributed by atoms with Gasteiger partial charge in [0.25, 0.3) is 5.91 Å². The standard InChI is InChI=1S/C16H17FN2O2/c1-11(12-2-4-13(17)5-3-12)19-14-6-8-15(9-7-14)21-10-16(18)20/h2-9,11,19H,10H2,1H3,(H2,18,20). The summed E-state index contributed by atoms with van der Waals surface area (Å²) in [5.74, 6) is -0.183. The molecule has 0 aliphatic carbocycles. The van der Waals surface area contributed by atoms with E-state index in [-0.39, 0.29) is 18.5 Å². The number of nitrogens with one attached hydrogen (secondary N) is 1. The zero-order valence-corrected chi connectivity index (χ0v) is 11.7. The summed E-state index contributed by atoms with van der Waals surface area (Å²) in [5, 5.41) is 3.30. The number of primary amides is 1. The molecule has 5 heteroatoms. The van der Waals surface area contributed by atoms with Gasteiger partial charge in [-0.3, -0.25) is 4.79 Å². The fourth-order valence-corrected chi connectivity index (χ4v) is 1.89. The Morgan fingerprint density at radius 1 is 1.19 bits per heavy atom. The molecule has 0 saturated heterocycles. The maximum atomic E-state index is 12.9. The number of hydrogen-bond acceptors (Lipinski definition) is 3. The Kier molecular flexibility index (Phi) is 4.77. The van der Waals surface area contributed by atoms with Crippen LogP contribution < -0.4 is 15.8 Å². The SMILES string of the molecule is CC(Nc1ccc(OCC(N)=O)cc1)c1ccc(F)cc1. The number of halogens is 1. The summed E-state index contributed by atoms with van der Waals surface area (Å²) in [6.07, 6.45) is 0. The van der Waals surface area contributed by atoms with Crippen LogP contribution >= 0.6 is 0 Å². The third kappa shape index (κ3) is 4.49. The molecule has 0 aliphatic rings. The third-order valence-electron chi connectivity index (χ3n) is 2.99. The monoisotopic (exact) mass is 288 g/mol. The van der Waals surface area contributed by atoms with Crippen molar-refractivity contribution in [3.8, 4) is 5.75 Å². The number of ether oxygens (including phenoxy) is 1. The summed E-state index contributed by atoms with van der Waals surface area (Å²) >= 11 is 0. The van der Waals surface area contributed by atoms with Crippen LogP contribution in [0.25, 0.3) is 0 Å². The van der Waals surface area contributed by atoms with Crippen LogP contribution in [0, 0.1) is 5.82 Å². The highest BCUT2D eigenvalue weighted by molar-refractivity contribution is 5.75. The molecule has 3 N–H and O–H groups in total. The second-order valence-corrected chi connectivity index (χ2v) is 4.70. The Balaban J connectivity index is 1.96. The lowest BCUT2D eigenvalue weighted by Gasteiger charge is -2.16. The van der Waals surface area contributed by atoms with E-state index in [2.05, 4.69) is 5.32 Å². The van der Waals surface area contributed by atoms with Gasteiger partial charge in [0.05, 0.1) is 0 Å². The summed E-state index contributed by atoms with van der Waals surface area (Å²) in [5.41, 5.74) is 6.90. The molecule has 0 radical (unpaired) electrons. The molecule has 0 aliphatic heterocycles. The average molecular weight is 288 g/mol. The number of carbonyl (C=O) groups is 1. The minimum absolute atomic E-state index is 0.0444. The molecule has 1 amide bonds. The third-order valence-corrected chi connectivity index (χ3v) is 2.99. The van der Waals surface area contributed by atoms with E-state index < -0.39 is 5.91 Å². The highest BCUT2D eigenvalue weighted by atomic mass is 19.1. The first-order valence-corrected chi connectivity index (χ1v) is 6.58. The number of carbonyl (C=O) groups excluding carboxylic acids is 1. The summed E-state index contributed by atoms with van der Waals surface area (Å²) in [6, 6.07) is 13.6. The van der Waals surface area contributed by atoms with Crippen LogP contribution in [-0.4, -0.2) is 12.5 Å². The van der Waals surface area contributed by atoms with E-state index in [0.29, 0.717) is 5.75 Å². The van der Waals surface area contributed by atoms with E-state index in [1.165, 1.54) is 12.1 Å². The van der Waals surface area contributed by atoms with Gasteiger partial charge in [0, 0.05) is 11.7 Å². The first-order chi connectivity index (χ1) is 10.0. The smallest absolute Gasteiger partial charge is 0.255 e. The summed E-state index contributed by atoms with van der Waals surface area (Å²) in [7, 11) is 0. The maximum Gasteiger partial charge on any atom is 0.255 e. The van der Waals surface area contributed by atoms with Crippen molar-refractivity contribution in [3.05, 3.63) is 59.9 Å². The molecule has 2 rings (SSSR count). The Bertz CT molecular complexity index is 597. The van der Waals surface area contributed by atoms with E-state index in [1.807, 2.05) is 19.1 Å². The van der Waals surface area contributed by atoms with Gasteiger partial charge in [-0.2, -0.15) is 0 Å². The summed E-state index contributed by atoms with van der Waals surface area (Å²) < 4.78 is 18.1. The second kappa shape index (κ2) is 6.74. The number of amides is 1. The van der Waals surface area contributed by atoms with Gasteiger partial charge in [0.15, 0.2) is 6.61 Å². The van der Waals surface area contributed by atoms with E-state index in [4.69, 9.17) is 10.5 Å². The van der Waals surface area contributed by atoms with Crippen molar-refractivity contribution in [1.29, 1.82) is 0 Å². The molecule has 21 heavy (non-hydrogen) atoms. The minimum Gasteiger partial charge on any atom is -0.484 e. The minimum atomic E-state index is -0.512. The molecule has 2 aromatic carbocycles. The molecule has 0 bridgehead atoms. The van der Waals surface area contributed by atoms with Gasteiger partial charge in [-0.05, 0) is 48.9 Å². The lowest BCUT2D eigenvalue weighted by atomic mass is 10.1. The number of hydrogen-bond donors (Lipinski definition) is 2. The fourth-order valence-electron chi connectivity index (χ4n) is 1.89. The van der Waals surface area contributed by atoms with Crippen LogP contribution in [0.3, 0.4) is 0 Å². The van der Waals surface area contributed by atoms with Gasteiger partial charge in [-0.15, -0.1) is 0 Å². The van der Waals surface area contributed by atoms with Crippen LogP contribution in [-0.2, 0) is 4.79 Å². The van der Waals surface area contributed by atoms with Crippen LogP contribution in [0.4, 0.5) is 10.1 Å². The maximum absolute atomic E-state index is 12.9. The van der Waals surface area contributed by atoms with Crippen molar-refractivity contribution in [3.63, 3.8) is 0 Å². The molecule has 0 fully saturated rings. The van der Waals surface area contributed by atoms with Gasteiger partial charge in [-0.25, -0.2) is 4.39 Å². The van der Waals surface area contributed by atoms with Gasteiger partial charge in [-0.1, -0.05) is 12.1 Å². The van der Waals surface area contributed by atoms with Crippen LogP contribution in [0.1, 0.15) is 18.5 Å². The number of benzene rings is 2. The van der Waals surface area contributed by atoms with Crippen molar-refractivity contribution in [2.45, 2.75) is 13.0 Å². The predicted octanol–water partition coefficient (Wildman–Crippen LogP) is 2.86. The fraction of sp³-hybridized carbons (Fsp3) is 0.188. The molecule has 0 saturated carbocycles. The molecule has 0 aromatic heterocycles. The van der Waals surface area contributed by atoms with E-state index in [0.717, 1.165) is 11.3 Å². The Hall–Kier alpha value is -2.56. The van der Waals surface area contributed by atoms with Crippen molar-refractivity contribution in [2.75, 3.05) is 11.9 Å². The predicted molar refractivity (Wildman–Crippen MR) is 79.6 cm³/mol. The molecule has 0 heterocycles. The van der Waals surface area contributed by atoms with E-state index in [1.54, 1.807) is 24.3 Å². The zero-order chi connectivity index (χ0) is 15.2. The summed E-state index contributed by atoms with van der Waals surface area (Å²) in [6.45, 7) is 1.85. The van der Waals surface area contributed by atoms with Crippen LogP contribution in [0.5, 0.6) is 5.75 Å².